The van der Waals surface area contributed by atoms with E-state index in [-0.39, 0.29) is 29.2 Å². The number of hydrogen-bond acceptors (Lipinski definition) is 5. The number of nitro groups is 1. The van der Waals surface area contributed by atoms with Crippen molar-refractivity contribution in [3.63, 3.8) is 0 Å². The topological polar surface area (TPSA) is 119 Å². The molecule has 2 atom stereocenters. The third-order valence-electron chi connectivity index (χ3n) is 3.01. The van der Waals surface area contributed by atoms with Crippen LogP contribution in [0.15, 0.2) is 18.2 Å². The molecule has 112 valence electrons. The molecule has 0 radical (unpaired) electrons. The fourth-order valence-corrected chi connectivity index (χ4v) is 2.17. The van der Waals surface area contributed by atoms with Gasteiger partial charge in [0, 0.05) is 12.1 Å². The van der Waals surface area contributed by atoms with E-state index in [0.29, 0.717) is 0 Å². The maximum absolute atomic E-state index is 11.9. The first-order valence-electron chi connectivity index (χ1n) is 6.01. The molecular formula is C12H11ClN2O6. The van der Waals surface area contributed by atoms with Gasteiger partial charge in [-0.05, 0) is 18.9 Å². The molecule has 0 bridgehead atoms. The summed E-state index contributed by atoms with van der Waals surface area (Å²) >= 11 is 5.85. The van der Waals surface area contributed by atoms with Crippen molar-refractivity contribution >= 4 is 34.9 Å². The van der Waals surface area contributed by atoms with Crippen LogP contribution in [0.3, 0.4) is 0 Å². The van der Waals surface area contributed by atoms with Gasteiger partial charge in [-0.15, -0.1) is 0 Å². The Morgan fingerprint density at radius 1 is 1.38 bits per heavy atom. The lowest BCUT2D eigenvalue weighted by Gasteiger charge is -2.12. The van der Waals surface area contributed by atoms with Gasteiger partial charge < -0.3 is 15.2 Å². The van der Waals surface area contributed by atoms with Crippen LogP contribution < -0.4 is 5.32 Å². The van der Waals surface area contributed by atoms with Crippen molar-refractivity contribution < 1.29 is 24.4 Å². The van der Waals surface area contributed by atoms with Gasteiger partial charge in [-0.3, -0.25) is 14.9 Å². The summed E-state index contributed by atoms with van der Waals surface area (Å²) in [6, 6.07) is 3.63. The smallest absolute Gasteiger partial charge is 0.332 e. The number of carboxylic acid groups (broad SMARTS) is 1. The van der Waals surface area contributed by atoms with Crippen LogP contribution in [0.2, 0.25) is 5.02 Å². The number of rotatable bonds is 4. The van der Waals surface area contributed by atoms with Crippen molar-refractivity contribution in [3.8, 4) is 0 Å². The summed E-state index contributed by atoms with van der Waals surface area (Å²) < 4.78 is 5.10. The summed E-state index contributed by atoms with van der Waals surface area (Å²) in [5.74, 6) is -1.65. The molecule has 0 unspecified atom stereocenters. The average molecular weight is 315 g/mol. The number of amides is 1. The molecule has 1 fully saturated rings. The van der Waals surface area contributed by atoms with E-state index >= 15 is 0 Å². The monoisotopic (exact) mass is 314 g/mol. The summed E-state index contributed by atoms with van der Waals surface area (Å²) in [6.45, 7) is 0. The summed E-state index contributed by atoms with van der Waals surface area (Å²) in [5.41, 5.74) is 0.00991. The van der Waals surface area contributed by atoms with Crippen molar-refractivity contribution in [2.45, 2.75) is 25.0 Å². The summed E-state index contributed by atoms with van der Waals surface area (Å²) in [4.78, 5) is 32.7. The minimum atomic E-state index is -1.11. The Morgan fingerprint density at radius 2 is 2.05 bits per heavy atom. The second-order valence-electron chi connectivity index (χ2n) is 4.44. The fourth-order valence-electron chi connectivity index (χ4n) is 1.94. The van der Waals surface area contributed by atoms with Gasteiger partial charge in [-0.1, -0.05) is 11.6 Å². The highest BCUT2D eigenvalue weighted by molar-refractivity contribution is 6.34. The Labute approximate surface area is 123 Å². The zero-order valence-corrected chi connectivity index (χ0v) is 11.4. The van der Waals surface area contributed by atoms with Crippen molar-refractivity contribution in [1.82, 2.24) is 0 Å². The van der Waals surface area contributed by atoms with Gasteiger partial charge >= 0.3 is 5.97 Å². The lowest BCUT2D eigenvalue weighted by molar-refractivity contribution is -0.384. The van der Waals surface area contributed by atoms with Crippen LogP contribution in [0.5, 0.6) is 0 Å². The number of carbonyl (C=O) groups is 2. The normalized spacial score (nSPS) is 21.0. The van der Waals surface area contributed by atoms with E-state index in [2.05, 4.69) is 5.32 Å². The Hall–Kier alpha value is -2.19. The molecule has 1 aromatic carbocycles. The molecule has 9 heteroatoms. The molecule has 21 heavy (non-hydrogen) atoms. The van der Waals surface area contributed by atoms with Crippen LogP contribution in [0.25, 0.3) is 0 Å². The Kier molecular flexibility index (Phi) is 4.39. The number of hydrogen-bond donors (Lipinski definition) is 2. The molecule has 2 rings (SSSR count). The van der Waals surface area contributed by atoms with Crippen LogP contribution in [-0.2, 0) is 14.3 Å². The van der Waals surface area contributed by atoms with E-state index in [4.69, 9.17) is 21.4 Å². The molecular weight excluding hydrogens is 304 g/mol. The number of non-ortho nitro benzene ring substituents is 1. The van der Waals surface area contributed by atoms with Crippen molar-refractivity contribution in [3.05, 3.63) is 33.3 Å². The van der Waals surface area contributed by atoms with E-state index in [0.717, 1.165) is 6.07 Å². The second kappa shape index (κ2) is 6.06. The summed E-state index contributed by atoms with van der Waals surface area (Å²) in [7, 11) is 0. The van der Waals surface area contributed by atoms with Crippen LogP contribution in [0.1, 0.15) is 12.8 Å². The maximum atomic E-state index is 11.9. The largest absolute Gasteiger partial charge is 0.479 e. The van der Waals surface area contributed by atoms with Crippen LogP contribution >= 0.6 is 11.6 Å². The molecule has 1 saturated heterocycles. The van der Waals surface area contributed by atoms with Gasteiger partial charge in [0.1, 0.15) is 6.10 Å². The number of nitrogens with one attached hydrogen (secondary N) is 1. The summed E-state index contributed by atoms with van der Waals surface area (Å²) in [5, 5.41) is 21.9. The predicted octanol–water partition coefficient (Wildman–Crippen LogP) is 1.82. The molecule has 1 aliphatic heterocycles. The number of nitrogens with zero attached hydrogens (tertiary/aromatic N) is 1. The van der Waals surface area contributed by atoms with Gasteiger partial charge in [0.15, 0.2) is 6.10 Å². The quantitative estimate of drug-likeness (QED) is 0.646. The number of anilines is 1. The van der Waals surface area contributed by atoms with E-state index in [1.807, 2.05) is 0 Å². The SMILES string of the molecule is O=C(Nc1ccc([N+](=O)[O-])cc1Cl)[C@@H]1CC[C@H](C(=O)O)O1. The van der Waals surface area contributed by atoms with Gasteiger partial charge in [0.2, 0.25) is 0 Å². The Morgan fingerprint density at radius 3 is 2.57 bits per heavy atom. The molecule has 2 N–H and O–H groups in total. The lowest BCUT2D eigenvalue weighted by Crippen LogP contribution is -2.30. The molecule has 0 spiro atoms. The highest BCUT2D eigenvalue weighted by Gasteiger charge is 2.34. The Bertz CT molecular complexity index is 605. The first-order valence-corrected chi connectivity index (χ1v) is 6.39. The molecule has 0 aliphatic carbocycles. The van der Waals surface area contributed by atoms with Crippen LogP contribution in [-0.4, -0.2) is 34.1 Å². The van der Waals surface area contributed by atoms with Crippen LogP contribution in [0.4, 0.5) is 11.4 Å². The molecule has 1 aliphatic rings. The van der Waals surface area contributed by atoms with Gasteiger partial charge in [0.25, 0.3) is 11.6 Å². The zero-order chi connectivity index (χ0) is 15.6. The van der Waals surface area contributed by atoms with Gasteiger partial charge in [-0.25, -0.2) is 4.79 Å². The number of ether oxygens (including phenoxy) is 1. The van der Waals surface area contributed by atoms with Crippen molar-refractivity contribution in [2.75, 3.05) is 5.32 Å². The third kappa shape index (κ3) is 3.47. The third-order valence-corrected chi connectivity index (χ3v) is 3.32. The fraction of sp³-hybridized carbons (Fsp3) is 0.333. The summed E-state index contributed by atoms with van der Waals surface area (Å²) in [6.07, 6.45) is -1.33. The van der Waals surface area contributed by atoms with E-state index in [1.165, 1.54) is 12.1 Å². The first kappa shape index (κ1) is 15.2. The lowest BCUT2D eigenvalue weighted by atomic mass is 10.2. The van der Waals surface area contributed by atoms with Gasteiger partial charge in [0.05, 0.1) is 15.6 Å². The number of carbonyl (C=O) groups excluding carboxylic acids is 1. The average Bonchev–Trinajstić information content (AvgIpc) is 2.90. The van der Waals surface area contributed by atoms with Crippen LogP contribution in [0, 0.1) is 10.1 Å². The molecule has 0 saturated carbocycles. The number of halogens is 1. The molecule has 8 nitrogen and oxygen atoms in total. The standard InChI is InChI=1S/C12H11ClN2O6/c13-7-5-6(15(19)20)1-2-8(7)14-11(16)9-3-4-10(21-9)12(17)18/h1-2,5,9-10H,3-4H2,(H,14,16)(H,17,18)/t9-,10+/m0/s1. The molecule has 0 aromatic heterocycles. The second-order valence-corrected chi connectivity index (χ2v) is 4.85. The molecule has 1 amide bonds. The van der Waals surface area contributed by atoms with E-state index < -0.39 is 29.0 Å². The highest BCUT2D eigenvalue weighted by atomic mass is 35.5. The number of benzene rings is 1. The number of carboxylic acids is 1. The first-order chi connectivity index (χ1) is 9.88. The van der Waals surface area contributed by atoms with Crippen molar-refractivity contribution in [1.29, 1.82) is 0 Å². The highest BCUT2D eigenvalue weighted by Crippen LogP contribution is 2.28. The zero-order valence-electron chi connectivity index (χ0n) is 10.6. The number of aliphatic carboxylic acids is 1. The number of nitro benzene ring substituents is 1. The van der Waals surface area contributed by atoms with Gasteiger partial charge in [-0.2, -0.15) is 0 Å². The maximum Gasteiger partial charge on any atom is 0.332 e. The minimum absolute atomic E-state index is 0.0188. The molecule has 1 heterocycles. The van der Waals surface area contributed by atoms with Crippen molar-refractivity contribution in [2.24, 2.45) is 0 Å². The predicted molar refractivity (Wildman–Crippen MR) is 72.3 cm³/mol. The van der Waals surface area contributed by atoms with E-state index in [9.17, 15) is 19.7 Å². The minimum Gasteiger partial charge on any atom is -0.479 e. The van der Waals surface area contributed by atoms with E-state index in [1.54, 1.807) is 0 Å². The molecule has 1 aromatic rings. The Balaban J connectivity index is 2.03.